The van der Waals surface area contributed by atoms with Crippen molar-refractivity contribution in [3.05, 3.63) is 17.8 Å². The van der Waals surface area contributed by atoms with Gasteiger partial charge in [0.25, 0.3) is 0 Å². The first-order valence-corrected chi connectivity index (χ1v) is 5.50. The van der Waals surface area contributed by atoms with Crippen molar-refractivity contribution in [1.82, 2.24) is 10.2 Å². The molecule has 0 radical (unpaired) electrons. The molecular formula is C11H18N4O3. The molecule has 0 spiro atoms. The maximum absolute atomic E-state index is 8.63. The summed E-state index contributed by atoms with van der Waals surface area (Å²) in [7, 11) is 0. The van der Waals surface area contributed by atoms with Crippen molar-refractivity contribution in [2.24, 2.45) is 10.9 Å². The summed E-state index contributed by atoms with van der Waals surface area (Å²) in [6.07, 6.45) is 1.44. The van der Waals surface area contributed by atoms with Crippen LogP contribution < -0.4 is 10.5 Å². The van der Waals surface area contributed by atoms with E-state index in [1.165, 1.54) is 6.20 Å². The number of hydrogen-bond donors (Lipinski definition) is 2. The number of nitrogens with two attached hydrogens (primary N) is 1. The lowest BCUT2D eigenvalue weighted by Gasteiger charge is -2.19. The third kappa shape index (κ3) is 4.54. The van der Waals surface area contributed by atoms with E-state index in [1.807, 2.05) is 20.8 Å². The van der Waals surface area contributed by atoms with Crippen LogP contribution in [0.25, 0.3) is 0 Å². The first kappa shape index (κ1) is 14.2. The van der Waals surface area contributed by atoms with Gasteiger partial charge in [-0.15, -0.1) is 5.10 Å². The molecule has 0 saturated carbocycles. The fourth-order valence-corrected chi connectivity index (χ4v) is 1.16. The number of nitrogens with zero attached hydrogens (tertiary/aromatic N) is 3. The Kier molecular flexibility index (Phi) is 4.85. The molecule has 3 N–H and O–H groups in total. The highest BCUT2D eigenvalue weighted by Gasteiger charge is 2.12. The molecule has 100 valence electrons. The molecule has 7 nitrogen and oxygen atoms in total. The van der Waals surface area contributed by atoms with E-state index in [2.05, 4.69) is 15.4 Å². The van der Waals surface area contributed by atoms with Gasteiger partial charge in [0, 0.05) is 0 Å². The zero-order valence-electron chi connectivity index (χ0n) is 10.8. The van der Waals surface area contributed by atoms with E-state index in [9.17, 15) is 0 Å². The molecule has 0 bridgehead atoms. The van der Waals surface area contributed by atoms with Crippen LogP contribution in [0.1, 0.15) is 26.3 Å². The van der Waals surface area contributed by atoms with Crippen molar-refractivity contribution in [1.29, 1.82) is 0 Å². The molecule has 7 heteroatoms. The Balaban J connectivity index is 2.57. The standard InChI is InChI=1S/C11H18N4O3/c1-11(2,3)18-7-6-17-10-8(9(12)15-16)4-5-13-14-10/h4-5,16H,6-7H2,1-3H3,(H2,12,15). The summed E-state index contributed by atoms with van der Waals surface area (Å²) in [4.78, 5) is 0. The van der Waals surface area contributed by atoms with Crippen LogP contribution in [-0.2, 0) is 4.74 Å². The summed E-state index contributed by atoms with van der Waals surface area (Å²) in [6, 6.07) is 1.56. The van der Waals surface area contributed by atoms with Gasteiger partial charge in [-0.05, 0) is 26.8 Å². The molecule has 0 aliphatic carbocycles. The molecule has 18 heavy (non-hydrogen) atoms. The van der Waals surface area contributed by atoms with Crippen LogP contribution in [0.3, 0.4) is 0 Å². The minimum absolute atomic E-state index is 0.0726. The zero-order chi connectivity index (χ0) is 13.6. The molecule has 1 aromatic heterocycles. The van der Waals surface area contributed by atoms with Gasteiger partial charge in [0.1, 0.15) is 6.61 Å². The van der Waals surface area contributed by atoms with Crippen LogP contribution in [0, 0.1) is 0 Å². The van der Waals surface area contributed by atoms with E-state index in [4.69, 9.17) is 20.4 Å². The number of aromatic nitrogens is 2. The number of hydrogen-bond acceptors (Lipinski definition) is 6. The third-order valence-corrected chi connectivity index (χ3v) is 1.93. The molecule has 0 aromatic carbocycles. The molecule has 0 saturated heterocycles. The van der Waals surface area contributed by atoms with Gasteiger partial charge >= 0.3 is 0 Å². The molecule has 1 heterocycles. The van der Waals surface area contributed by atoms with Gasteiger partial charge in [0.05, 0.1) is 24.0 Å². The monoisotopic (exact) mass is 254 g/mol. The minimum atomic E-state index is -0.222. The average Bonchev–Trinajstić information content (AvgIpc) is 2.33. The Morgan fingerprint density at radius 3 is 2.78 bits per heavy atom. The molecule has 0 aliphatic heterocycles. The van der Waals surface area contributed by atoms with E-state index in [0.29, 0.717) is 18.8 Å². The summed E-state index contributed by atoms with van der Waals surface area (Å²) in [6.45, 7) is 6.59. The number of ether oxygens (including phenoxy) is 2. The Hall–Kier alpha value is -1.89. The summed E-state index contributed by atoms with van der Waals surface area (Å²) >= 11 is 0. The van der Waals surface area contributed by atoms with Gasteiger partial charge in [-0.1, -0.05) is 5.16 Å². The predicted octanol–water partition coefficient (Wildman–Crippen LogP) is 0.765. The second kappa shape index (κ2) is 6.15. The summed E-state index contributed by atoms with van der Waals surface area (Å²) < 4.78 is 10.9. The normalized spacial score (nSPS) is 12.5. The molecule has 0 atom stereocenters. The van der Waals surface area contributed by atoms with Gasteiger partial charge in [-0.25, -0.2) is 0 Å². The van der Waals surface area contributed by atoms with Crippen molar-refractivity contribution >= 4 is 5.84 Å². The van der Waals surface area contributed by atoms with Gasteiger partial charge in [0.2, 0.25) is 5.88 Å². The Morgan fingerprint density at radius 1 is 1.44 bits per heavy atom. The summed E-state index contributed by atoms with van der Waals surface area (Å²) in [5.41, 5.74) is 5.66. The van der Waals surface area contributed by atoms with E-state index in [-0.39, 0.29) is 17.3 Å². The van der Waals surface area contributed by atoms with E-state index in [0.717, 1.165) is 0 Å². The van der Waals surface area contributed by atoms with E-state index >= 15 is 0 Å². The lowest BCUT2D eigenvalue weighted by Crippen LogP contribution is -2.23. The van der Waals surface area contributed by atoms with Crippen molar-refractivity contribution in [3.8, 4) is 5.88 Å². The van der Waals surface area contributed by atoms with Crippen molar-refractivity contribution in [3.63, 3.8) is 0 Å². The molecule has 1 rings (SSSR count). The number of oxime groups is 1. The quantitative estimate of drug-likeness (QED) is 0.264. The minimum Gasteiger partial charge on any atom is -0.474 e. The lowest BCUT2D eigenvalue weighted by molar-refractivity contribution is -0.0169. The predicted molar refractivity (Wildman–Crippen MR) is 65.7 cm³/mol. The Bertz CT molecular complexity index is 415. The first-order chi connectivity index (χ1) is 8.44. The van der Waals surface area contributed by atoms with Crippen molar-refractivity contribution in [2.45, 2.75) is 26.4 Å². The molecule has 0 unspecified atom stereocenters. The van der Waals surface area contributed by atoms with Crippen LogP contribution in [-0.4, -0.2) is 40.1 Å². The van der Waals surface area contributed by atoms with Gasteiger partial charge in [-0.3, -0.25) is 0 Å². The first-order valence-electron chi connectivity index (χ1n) is 5.50. The fraction of sp³-hybridized carbons (Fsp3) is 0.545. The number of amidine groups is 1. The van der Waals surface area contributed by atoms with Crippen LogP contribution in [0.2, 0.25) is 0 Å². The SMILES string of the molecule is CC(C)(C)OCCOc1nnccc1/C(N)=N/O. The smallest absolute Gasteiger partial charge is 0.244 e. The van der Waals surface area contributed by atoms with Crippen LogP contribution >= 0.6 is 0 Å². The maximum atomic E-state index is 8.63. The lowest BCUT2D eigenvalue weighted by atomic mass is 10.2. The zero-order valence-corrected chi connectivity index (χ0v) is 10.8. The molecule has 0 fully saturated rings. The highest BCUT2D eigenvalue weighted by Crippen LogP contribution is 2.13. The van der Waals surface area contributed by atoms with E-state index in [1.54, 1.807) is 6.07 Å². The Labute approximate surface area is 106 Å². The molecular weight excluding hydrogens is 236 g/mol. The second-order valence-electron chi connectivity index (χ2n) is 4.54. The topological polar surface area (TPSA) is 103 Å². The third-order valence-electron chi connectivity index (χ3n) is 1.93. The van der Waals surface area contributed by atoms with Gasteiger partial charge in [-0.2, -0.15) is 5.10 Å². The molecule has 0 aliphatic rings. The highest BCUT2D eigenvalue weighted by molar-refractivity contribution is 5.98. The molecule has 1 aromatic rings. The largest absolute Gasteiger partial charge is 0.474 e. The van der Waals surface area contributed by atoms with Crippen LogP contribution in [0.4, 0.5) is 0 Å². The van der Waals surface area contributed by atoms with E-state index < -0.39 is 0 Å². The van der Waals surface area contributed by atoms with Gasteiger partial charge in [0.15, 0.2) is 5.84 Å². The number of rotatable bonds is 5. The van der Waals surface area contributed by atoms with Crippen LogP contribution in [0.15, 0.2) is 17.4 Å². The summed E-state index contributed by atoms with van der Waals surface area (Å²) in [5.74, 6) is 0.141. The van der Waals surface area contributed by atoms with Crippen molar-refractivity contribution < 1.29 is 14.7 Å². The average molecular weight is 254 g/mol. The van der Waals surface area contributed by atoms with Gasteiger partial charge < -0.3 is 20.4 Å². The van der Waals surface area contributed by atoms with Crippen molar-refractivity contribution in [2.75, 3.05) is 13.2 Å². The second-order valence-corrected chi connectivity index (χ2v) is 4.54. The highest BCUT2D eigenvalue weighted by atomic mass is 16.5. The maximum Gasteiger partial charge on any atom is 0.244 e. The fourth-order valence-electron chi connectivity index (χ4n) is 1.16. The Morgan fingerprint density at radius 2 is 2.17 bits per heavy atom. The van der Waals surface area contributed by atoms with Crippen LogP contribution in [0.5, 0.6) is 5.88 Å². The molecule has 0 amide bonds. The summed E-state index contributed by atoms with van der Waals surface area (Å²) in [5, 5.41) is 19.0.